The number of ether oxygens (including phenoxy) is 2. The SMILES string of the molecule is C=C(OCC)c1ccc(COc2nnc(N)s2)nc1. The minimum Gasteiger partial charge on any atom is -0.494 e. The van der Waals surface area contributed by atoms with Crippen LogP contribution in [0.5, 0.6) is 5.19 Å². The van der Waals surface area contributed by atoms with Gasteiger partial charge in [-0.1, -0.05) is 11.7 Å². The molecule has 0 aromatic carbocycles. The second-order valence-electron chi connectivity index (χ2n) is 3.59. The molecule has 0 aliphatic heterocycles. The highest BCUT2D eigenvalue weighted by Crippen LogP contribution is 2.20. The van der Waals surface area contributed by atoms with Crippen molar-refractivity contribution in [3.05, 3.63) is 36.2 Å². The maximum Gasteiger partial charge on any atom is 0.296 e. The van der Waals surface area contributed by atoms with Crippen molar-refractivity contribution in [2.45, 2.75) is 13.5 Å². The molecule has 100 valence electrons. The Bertz CT molecular complexity index is 553. The van der Waals surface area contributed by atoms with E-state index in [1.165, 1.54) is 11.3 Å². The Morgan fingerprint density at radius 2 is 2.26 bits per heavy atom. The predicted octanol–water partition coefficient (Wildman–Crippen LogP) is 2.10. The highest BCUT2D eigenvalue weighted by atomic mass is 32.1. The zero-order valence-corrected chi connectivity index (χ0v) is 11.3. The quantitative estimate of drug-likeness (QED) is 0.815. The lowest BCUT2D eigenvalue weighted by atomic mass is 10.2. The molecule has 0 saturated carbocycles. The summed E-state index contributed by atoms with van der Waals surface area (Å²) < 4.78 is 10.7. The van der Waals surface area contributed by atoms with Gasteiger partial charge in [-0.3, -0.25) is 4.98 Å². The summed E-state index contributed by atoms with van der Waals surface area (Å²) in [5.41, 5.74) is 7.09. The van der Waals surface area contributed by atoms with Gasteiger partial charge in [0.1, 0.15) is 12.4 Å². The van der Waals surface area contributed by atoms with Crippen molar-refractivity contribution in [1.82, 2.24) is 15.2 Å². The number of hydrogen-bond donors (Lipinski definition) is 1. The van der Waals surface area contributed by atoms with Gasteiger partial charge in [0.25, 0.3) is 5.19 Å². The highest BCUT2D eigenvalue weighted by Gasteiger charge is 2.04. The Hall–Kier alpha value is -2.15. The van der Waals surface area contributed by atoms with Gasteiger partial charge in [0.15, 0.2) is 0 Å². The molecule has 0 amide bonds. The van der Waals surface area contributed by atoms with E-state index in [-0.39, 0.29) is 0 Å². The van der Waals surface area contributed by atoms with E-state index in [9.17, 15) is 0 Å². The van der Waals surface area contributed by atoms with Crippen LogP contribution in [0.4, 0.5) is 5.13 Å². The Labute approximate surface area is 114 Å². The maximum atomic E-state index is 5.45. The van der Waals surface area contributed by atoms with Crippen LogP contribution in [-0.2, 0) is 11.3 Å². The lowest BCUT2D eigenvalue weighted by Gasteiger charge is -2.07. The Morgan fingerprint density at radius 3 is 2.84 bits per heavy atom. The highest BCUT2D eigenvalue weighted by molar-refractivity contribution is 7.16. The number of anilines is 1. The van der Waals surface area contributed by atoms with Gasteiger partial charge in [-0.15, -0.1) is 5.10 Å². The van der Waals surface area contributed by atoms with Crippen LogP contribution in [0.25, 0.3) is 5.76 Å². The van der Waals surface area contributed by atoms with E-state index >= 15 is 0 Å². The molecule has 0 aliphatic carbocycles. The van der Waals surface area contributed by atoms with E-state index in [0.717, 1.165) is 11.3 Å². The number of aromatic nitrogens is 3. The maximum absolute atomic E-state index is 5.45. The van der Waals surface area contributed by atoms with Crippen molar-refractivity contribution in [2.24, 2.45) is 0 Å². The van der Waals surface area contributed by atoms with E-state index in [1.807, 2.05) is 19.1 Å². The molecule has 19 heavy (non-hydrogen) atoms. The van der Waals surface area contributed by atoms with Crippen LogP contribution in [0, 0.1) is 0 Å². The molecule has 0 fully saturated rings. The van der Waals surface area contributed by atoms with Crippen LogP contribution in [0.15, 0.2) is 24.9 Å². The van der Waals surface area contributed by atoms with Gasteiger partial charge < -0.3 is 15.2 Å². The summed E-state index contributed by atoms with van der Waals surface area (Å²) in [7, 11) is 0. The Morgan fingerprint density at radius 1 is 1.42 bits per heavy atom. The van der Waals surface area contributed by atoms with Crippen molar-refractivity contribution in [1.29, 1.82) is 0 Å². The van der Waals surface area contributed by atoms with Crippen LogP contribution in [0.2, 0.25) is 0 Å². The van der Waals surface area contributed by atoms with Crippen molar-refractivity contribution in [2.75, 3.05) is 12.3 Å². The molecule has 2 heterocycles. The third-order valence-corrected chi connectivity index (χ3v) is 2.90. The average molecular weight is 278 g/mol. The van der Waals surface area contributed by atoms with Crippen molar-refractivity contribution >= 4 is 22.2 Å². The molecule has 0 atom stereocenters. The summed E-state index contributed by atoms with van der Waals surface area (Å²) in [5.74, 6) is 0.611. The molecule has 2 N–H and O–H groups in total. The number of nitrogen functional groups attached to an aromatic ring is 1. The fourth-order valence-electron chi connectivity index (χ4n) is 1.35. The lowest BCUT2D eigenvalue weighted by molar-refractivity contribution is 0.295. The molecule has 0 radical (unpaired) electrons. The van der Waals surface area contributed by atoms with Crippen LogP contribution in [-0.4, -0.2) is 21.8 Å². The smallest absolute Gasteiger partial charge is 0.296 e. The first-order chi connectivity index (χ1) is 9.19. The summed E-state index contributed by atoms with van der Waals surface area (Å²) in [6, 6.07) is 3.74. The molecular weight excluding hydrogens is 264 g/mol. The fraction of sp³-hybridized carbons (Fsp3) is 0.250. The molecular formula is C12H14N4O2S. The van der Waals surface area contributed by atoms with E-state index in [2.05, 4.69) is 21.8 Å². The molecule has 2 aromatic heterocycles. The fourth-order valence-corrected chi connectivity index (χ4v) is 1.81. The third kappa shape index (κ3) is 3.65. The molecule has 0 saturated heterocycles. The van der Waals surface area contributed by atoms with Crippen LogP contribution < -0.4 is 10.5 Å². The molecule has 7 heteroatoms. The second-order valence-corrected chi connectivity index (χ2v) is 4.56. The van der Waals surface area contributed by atoms with Crippen LogP contribution >= 0.6 is 11.3 Å². The lowest BCUT2D eigenvalue weighted by Crippen LogP contribution is -1.99. The first-order valence-corrected chi connectivity index (χ1v) is 6.49. The molecule has 0 aliphatic rings. The van der Waals surface area contributed by atoms with Crippen molar-refractivity contribution in [3.8, 4) is 5.19 Å². The van der Waals surface area contributed by atoms with Gasteiger partial charge in [-0.2, -0.15) is 0 Å². The predicted molar refractivity (Wildman–Crippen MR) is 73.6 cm³/mol. The van der Waals surface area contributed by atoms with Crippen LogP contribution in [0.1, 0.15) is 18.2 Å². The molecule has 6 nitrogen and oxygen atoms in total. The van der Waals surface area contributed by atoms with E-state index in [0.29, 0.717) is 29.3 Å². The molecule has 0 unspecified atom stereocenters. The summed E-state index contributed by atoms with van der Waals surface area (Å²) >= 11 is 1.19. The number of nitrogens with two attached hydrogens (primary N) is 1. The van der Waals surface area contributed by atoms with Crippen LogP contribution in [0.3, 0.4) is 0 Å². The first kappa shape index (κ1) is 13.3. The van der Waals surface area contributed by atoms with E-state index in [1.54, 1.807) is 6.20 Å². The summed E-state index contributed by atoms with van der Waals surface area (Å²) in [4.78, 5) is 4.26. The second kappa shape index (κ2) is 6.14. The summed E-state index contributed by atoms with van der Waals surface area (Å²) in [6.07, 6.45) is 1.70. The zero-order chi connectivity index (χ0) is 13.7. The average Bonchev–Trinajstić information content (AvgIpc) is 2.83. The zero-order valence-electron chi connectivity index (χ0n) is 10.5. The largest absolute Gasteiger partial charge is 0.494 e. The molecule has 0 bridgehead atoms. The minimum absolute atomic E-state index is 0.316. The molecule has 2 rings (SSSR count). The van der Waals surface area contributed by atoms with E-state index < -0.39 is 0 Å². The van der Waals surface area contributed by atoms with Gasteiger partial charge in [0.2, 0.25) is 5.13 Å². The number of hydrogen-bond acceptors (Lipinski definition) is 7. The Balaban J connectivity index is 1.93. The number of rotatable bonds is 6. The standard InChI is InChI=1S/C12H14N4O2S/c1-3-17-8(2)9-4-5-10(14-6-9)7-18-12-16-15-11(13)19-12/h4-6H,2-3,7H2,1H3,(H2,13,15). The van der Waals surface area contributed by atoms with E-state index in [4.69, 9.17) is 15.2 Å². The van der Waals surface area contributed by atoms with Gasteiger partial charge >= 0.3 is 0 Å². The summed E-state index contributed by atoms with van der Waals surface area (Å²) in [5, 5.41) is 8.23. The monoisotopic (exact) mass is 278 g/mol. The normalized spacial score (nSPS) is 10.2. The molecule has 0 spiro atoms. The third-order valence-electron chi connectivity index (χ3n) is 2.23. The van der Waals surface area contributed by atoms with Crippen molar-refractivity contribution < 1.29 is 9.47 Å². The topological polar surface area (TPSA) is 83.2 Å². The van der Waals surface area contributed by atoms with Gasteiger partial charge in [0, 0.05) is 11.8 Å². The van der Waals surface area contributed by atoms with Gasteiger partial charge in [-0.05, 0) is 30.4 Å². The van der Waals surface area contributed by atoms with Crippen molar-refractivity contribution in [3.63, 3.8) is 0 Å². The summed E-state index contributed by atoms with van der Waals surface area (Å²) in [6.45, 7) is 6.63. The van der Waals surface area contributed by atoms with Gasteiger partial charge in [0.05, 0.1) is 12.3 Å². The Kier molecular flexibility index (Phi) is 4.30. The molecule has 2 aromatic rings. The minimum atomic E-state index is 0.316. The number of pyridine rings is 1. The number of nitrogens with zero attached hydrogens (tertiary/aromatic N) is 3. The van der Waals surface area contributed by atoms with Gasteiger partial charge in [-0.25, -0.2) is 0 Å². The first-order valence-electron chi connectivity index (χ1n) is 5.68.